The minimum Gasteiger partial charge on any atom is -0.493 e. The Kier molecular flexibility index (Phi) is 2.96. The number of likely N-dealkylation sites (tertiary alicyclic amines) is 1. The van der Waals surface area contributed by atoms with Crippen molar-refractivity contribution in [2.45, 2.75) is 31.8 Å². The summed E-state index contributed by atoms with van der Waals surface area (Å²) in [6.07, 6.45) is 2.94. The van der Waals surface area contributed by atoms with Gasteiger partial charge in [0.2, 0.25) is 5.91 Å². The molecule has 2 heterocycles. The molecule has 1 saturated heterocycles. The number of carbonyl (C=O) groups is 1. The van der Waals surface area contributed by atoms with Crippen molar-refractivity contribution in [1.29, 1.82) is 0 Å². The molecule has 0 spiro atoms. The number of amides is 1. The van der Waals surface area contributed by atoms with Crippen LogP contribution in [0.15, 0.2) is 18.2 Å². The standard InChI is InChI=1S/C14H18N2O2/c15-14(17)12-2-1-6-16(12)9-10-3-4-13-11(8-10)5-7-18-13/h3-4,8,12H,1-2,5-7,9H2,(H2,15,17). The SMILES string of the molecule is NC(=O)C1CCCN1Cc1ccc2c(c1)CCO2. The van der Waals surface area contributed by atoms with Crippen LogP contribution >= 0.6 is 0 Å². The molecule has 0 radical (unpaired) electrons. The molecule has 1 aromatic carbocycles. The Morgan fingerprint density at radius 2 is 2.39 bits per heavy atom. The fraction of sp³-hybridized carbons (Fsp3) is 0.500. The van der Waals surface area contributed by atoms with Crippen molar-refractivity contribution in [2.24, 2.45) is 5.73 Å². The fourth-order valence-electron chi connectivity index (χ4n) is 2.91. The molecule has 3 rings (SSSR count). The van der Waals surface area contributed by atoms with Gasteiger partial charge in [-0.05, 0) is 36.6 Å². The first-order valence-corrected chi connectivity index (χ1v) is 6.52. The lowest BCUT2D eigenvalue weighted by atomic mass is 10.1. The molecule has 1 amide bonds. The van der Waals surface area contributed by atoms with Crippen molar-refractivity contribution < 1.29 is 9.53 Å². The molecule has 1 aromatic rings. The number of rotatable bonds is 3. The van der Waals surface area contributed by atoms with Gasteiger partial charge in [0.05, 0.1) is 12.6 Å². The van der Waals surface area contributed by atoms with Gasteiger partial charge in [-0.2, -0.15) is 0 Å². The van der Waals surface area contributed by atoms with Crippen LogP contribution in [0.3, 0.4) is 0 Å². The highest BCUT2D eigenvalue weighted by Crippen LogP contribution is 2.27. The Bertz CT molecular complexity index is 473. The maximum absolute atomic E-state index is 11.3. The minimum atomic E-state index is -0.197. The zero-order valence-electron chi connectivity index (χ0n) is 10.4. The number of primary amides is 1. The van der Waals surface area contributed by atoms with E-state index >= 15 is 0 Å². The van der Waals surface area contributed by atoms with E-state index in [0.29, 0.717) is 0 Å². The first kappa shape index (κ1) is 11.5. The second-order valence-corrected chi connectivity index (χ2v) is 5.07. The van der Waals surface area contributed by atoms with Crippen LogP contribution in [0.25, 0.3) is 0 Å². The van der Waals surface area contributed by atoms with Crippen LogP contribution < -0.4 is 10.5 Å². The Morgan fingerprint density at radius 1 is 1.50 bits per heavy atom. The maximum Gasteiger partial charge on any atom is 0.234 e. The first-order valence-electron chi connectivity index (χ1n) is 6.52. The summed E-state index contributed by atoms with van der Waals surface area (Å²) in [5.74, 6) is 0.809. The Hall–Kier alpha value is -1.55. The van der Waals surface area contributed by atoms with Crippen LogP contribution in [0.5, 0.6) is 5.75 Å². The third-order valence-corrected chi connectivity index (χ3v) is 3.83. The number of carbonyl (C=O) groups excluding carboxylic acids is 1. The number of nitrogens with two attached hydrogens (primary N) is 1. The zero-order valence-corrected chi connectivity index (χ0v) is 10.4. The summed E-state index contributed by atoms with van der Waals surface area (Å²) in [6.45, 7) is 2.55. The highest BCUT2D eigenvalue weighted by molar-refractivity contribution is 5.80. The normalized spacial score (nSPS) is 22.8. The molecule has 4 heteroatoms. The van der Waals surface area contributed by atoms with E-state index < -0.39 is 0 Å². The van der Waals surface area contributed by atoms with Gasteiger partial charge in [0.1, 0.15) is 5.75 Å². The summed E-state index contributed by atoms with van der Waals surface area (Å²) in [5.41, 5.74) is 7.95. The van der Waals surface area contributed by atoms with Crippen LogP contribution in [0.2, 0.25) is 0 Å². The van der Waals surface area contributed by atoms with Crippen molar-refractivity contribution in [1.82, 2.24) is 4.90 Å². The predicted octanol–water partition coefficient (Wildman–Crippen LogP) is 1.07. The first-order chi connectivity index (χ1) is 8.74. The molecule has 96 valence electrons. The molecular weight excluding hydrogens is 228 g/mol. The highest BCUT2D eigenvalue weighted by atomic mass is 16.5. The minimum absolute atomic E-state index is 0.0884. The largest absolute Gasteiger partial charge is 0.493 e. The summed E-state index contributed by atoms with van der Waals surface area (Å²) < 4.78 is 5.50. The van der Waals surface area contributed by atoms with E-state index in [0.717, 1.165) is 44.7 Å². The fourth-order valence-corrected chi connectivity index (χ4v) is 2.91. The monoisotopic (exact) mass is 246 g/mol. The molecule has 1 atom stereocenters. The number of ether oxygens (including phenoxy) is 1. The zero-order chi connectivity index (χ0) is 12.5. The summed E-state index contributed by atoms with van der Waals surface area (Å²) in [4.78, 5) is 13.5. The molecule has 2 aliphatic rings. The number of fused-ring (bicyclic) bond motifs is 1. The molecule has 4 nitrogen and oxygen atoms in total. The lowest BCUT2D eigenvalue weighted by Crippen LogP contribution is -2.39. The smallest absolute Gasteiger partial charge is 0.234 e. The van der Waals surface area contributed by atoms with Crippen LogP contribution in [-0.2, 0) is 17.8 Å². The van der Waals surface area contributed by atoms with Crippen molar-refractivity contribution in [3.63, 3.8) is 0 Å². The molecule has 2 aliphatic heterocycles. The molecule has 0 bridgehead atoms. The second-order valence-electron chi connectivity index (χ2n) is 5.07. The predicted molar refractivity (Wildman–Crippen MR) is 68.3 cm³/mol. The van der Waals surface area contributed by atoms with Gasteiger partial charge in [0, 0.05) is 13.0 Å². The van der Waals surface area contributed by atoms with E-state index in [1.54, 1.807) is 0 Å². The highest BCUT2D eigenvalue weighted by Gasteiger charge is 2.28. The van der Waals surface area contributed by atoms with Crippen LogP contribution in [0.1, 0.15) is 24.0 Å². The molecule has 1 unspecified atom stereocenters. The van der Waals surface area contributed by atoms with Gasteiger partial charge in [-0.15, -0.1) is 0 Å². The van der Waals surface area contributed by atoms with Gasteiger partial charge in [-0.25, -0.2) is 0 Å². The van der Waals surface area contributed by atoms with Gasteiger partial charge in [0.25, 0.3) is 0 Å². The summed E-state index contributed by atoms with van der Waals surface area (Å²) in [6, 6.07) is 6.22. The quantitative estimate of drug-likeness (QED) is 0.868. The Morgan fingerprint density at radius 3 is 3.22 bits per heavy atom. The van der Waals surface area contributed by atoms with Gasteiger partial charge >= 0.3 is 0 Å². The molecule has 0 aromatic heterocycles. The van der Waals surface area contributed by atoms with Crippen molar-refractivity contribution in [3.05, 3.63) is 29.3 Å². The topological polar surface area (TPSA) is 55.6 Å². The Balaban J connectivity index is 1.74. The van der Waals surface area contributed by atoms with E-state index in [4.69, 9.17) is 10.5 Å². The van der Waals surface area contributed by atoms with Crippen molar-refractivity contribution >= 4 is 5.91 Å². The molecule has 18 heavy (non-hydrogen) atoms. The molecule has 1 fully saturated rings. The summed E-state index contributed by atoms with van der Waals surface area (Å²) in [7, 11) is 0. The lowest BCUT2D eigenvalue weighted by molar-refractivity contribution is -0.122. The summed E-state index contributed by atoms with van der Waals surface area (Å²) >= 11 is 0. The van der Waals surface area contributed by atoms with Gasteiger partial charge < -0.3 is 10.5 Å². The molecule has 0 aliphatic carbocycles. The van der Waals surface area contributed by atoms with E-state index in [1.807, 2.05) is 6.07 Å². The summed E-state index contributed by atoms with van der Waals surface area (Å²) in [5, 5.41) is 0. The average molecular weight is 246 g/mol. The van der Waals surface area contributed by atoms with E-state index in [2.05, 4.69) is 17.0 Å². The second kappa shape index (κ2) is 4.61. The van der Waals surface area contributed by atoms with E-state index in [-0.39, 0.29) is 11.9 Å². The van der Waals surface area contributed by atoms with Gasteiger partial charge in [-0.1, -0.05) is 12.1 Å². The molecule has 0 saturated carbocycles. The lowest BCUT2D eigenvalue weighted by Gasteiger charge is -2.21. The number of nitrogens with zero attached hydrogens (tertiary/aromatic N) is 1. The number of hydrogen-bond donors (Lipinski definition) is 1. The van der Waals surface area contributed by atoms with Crippen molar-refractivity contribution in [2.75, 3.05) is 13.2 Å². The Labute approximate surface area is 107 Å². The van der Waals surface area contributed by atoms with Gasteiger partial charge in [0.15, 0.2) is 0 Å². The third kappa shape index (κ3) is 2.08. The third-order valence-electron chi connectivity index (χ3n) is 3.83. The molecule has 2 N–H and O–H groups in total. The van der Waals surface area contributed by atoms with Crippen LogP contribution in [0, 0.1) is 0 Å². The van der Waals surface area contributed by atoms with Crippen LogP contribution in [0.4, 0.5) is 0 Å². The van der Waals surface area contributed by atoms with E-state index in [1.165, 1.54) is 11.1 Å². The van der Waals surface area contributed by atoms with Crippen LogP contribution in [-0.4, -0.2) is 30.0 Å². The van der Waals surface area contributed by atoms with Gasteiger partial charge in [-0.3, -0.25) is 9.69 Å². The maximum atomic E-state index is 11.3. The van der Waals surface area contributed by atoms with Crippen molar-refractivity contribution in [3.8, 4) is 5.75 Å². The average Bonchev–Trinajstić information content (AvgIpc) is 2.96. The van der Waals surface area contributed by atoms with E-state index in [9.17, 15) is 4.79 Å². The number of hydrogen-bond acceptors (Lipinski definition) is 3. The molecular formula is C14H18N2O2. The number of benzene rings is 1.